The minimum Gasteiger partial charge on any atom is -0.329 e. The average molecular weight is 387 g/mol. The molecule has 29 heavy (non-hydrogen) atoms. The van der Waals surface area contributed by atoms with Gasteiger partial charge in [-0.25, -0.2) is 0 Å². The molecule has 0 radical (unpaired) electrons. The number of carbonyl (C=O) groups is 1. The van der Waals surface area contributed by atoms with Crippen LogP contribution in [0.1, 0.15) is 57.7 Å². The van der Waals surface area contributed by atoms with E-state index in [4.69, 9.17) is 0 Å². The summed E-state index contributed by atoms with van der Waals surface area (Å²) in [5.74, 6) is 1.80. The smallest absolute Gasteiger partial charge is 0.255 e. The van der Waals surface area contributed by atoms with Crippen LogP contribution >= 0.6 is 0 Å². The molecule has 2 aromatic heterocycles. The molecular weight excluding hydrogens is 362 g/mol. The van der Waals surface area contributed by atoms with Crippen LogP contribution in [0.4, 0.5) is 0 Å². The fraction of sp³-hybridized carbons (Fsp3) is 0.391. The Hall–Kier alpha value is -3.02. The molecular formula is C23H25N5O. The number of aromatic nitrogens is 4. The summed E-state index contributed by atoms with van der Waals surface area (Å²) >= 11 is 0. The summed E-state index contributed by atoms with van der Waals surface area (Å²) in [4.78, 5) is 19.8. The predicted octanol–water partition coefficient (Wildman–Crippen LogP) is 3.30. The van der Waals surface area contributed by atoms with Gasteiger partial charge in [0.1, 0.15) is 5.82 Å². The van der Waals surface area contributed by atoms with Crippen LogP contribution < -0.4 is 0 Å². The monoisotopic (exact) mass is 387 g/mol. The average Bonchev–Trinajstić information content (AvgIpc) is 3.14. The van der Waals surface area contributed by atoms with Crippen molar-refractivity contribution in [1.82, 2.24) is 24.6 Å². The first kappa shape index (κ1) is 18.0. The van der Waals surface area contributed by atoms with Gasteiger partial charge in [-0.15, -0.1) is 10.2 Å². The Kier molecular flexibility index (Phi) is 4.62. The predicted molar refractivity (Wildman–Crippen MR) is 110 cm³/mol. The van der Waals surface area contributed by atoms with Gasteiger partial charge >= 0.3 is 0 Å². The molecule has 148 valence electrons. The number of pyridine rings is 1. The Morgan fingerprint density at radius 3 is 2.83 bits per heavy atom. The molecule has 0 unspecified atom stereocenters. The lowest BCUT2D eigenvalue weighted by molar-refractivity contribution is 0.0671. The van der Waals surface area contributed by atoms with E-state index >= 15 is 0 Å². The standard InChI is InChI=1S/C23H25N5O/c1-16-25-26-22-15-27(14-20(28(16)22)11-17-7-3-2-4-8-17)23(29)19-12-18-9-5-6-10-21(18)24-13-19/h2-4,7-8,12-13,20H,5-6,9-11,14-15H2,1H3/t20-/m1/s1. The summed E-state index contributed by atoms with van der Waals surface area (Å²) in [7, 11) is 0. The van der Waals surface area contributed by atoms with E-state index in [9.17, 15) is 4.79 Å². The number of hydrogen-bond donors (Lipinski definition) is 0. The number of rotatable bonds is 3. The van der Waals surface area contributed by atoms with Crippen molar-refractivity contribution >= 4 is 5.91 Å². The molecule has 3 heterocycles. The third-order valence-electron chi connectivity index (χ3n) is 6.08. The summed E-state index contributed by atoms with van der Waals surface area (Å²) in [6.07, 6.45) is 7.01. The highest BCUT2D eigenvalue weighted by molar-refractivity contribution is 5.94. The molecule has 1 atom stereocenters. The number of aryl methyl sites for hydroxylation is 3. The molecule has 0 saturated heterocycles. The maximum absolute atomic E-state index is 13.3. The van der Waals surface area contributed by atoms with E-state index in [1.807, 2.05) is 17.9 Å². The number of carbonyl (C=O) groups excluding carboxylic acids is 1. The van der Waals surface area contributed by atoms with E-state index in [-0.39, 0.29) is 11.9 Å². The topological polar surface area (TPSA) is 63.9 Å². The Morgan fingerprint density at radius 2 is 1.97 bits per heavy atom. The molecule has 0 saturated carbocycles. The highest BCUT2D eigenvalue weighted by Crippen LogP contribution is 2.27. The van der Waals surface area contributed by atoms with Gasteiger partial charge in [0.05, 0.1) is 18.2 Å². The first-order chi connectivity index (χ1) is 14.2. The van der Waals surface area contributed by atoms with Gasteiger partial charge in [0.2, 0.25) is 0 Å². The van der Waals surface area contributed by atoms with Crippen molar-refractivity contribution < 1.29 is 4.79 Å². The van der Waals surface area contributed by atoms with Gasteiger partial charge in [0.25, 0.3) is 5.91 Å². The van der Waals surface area contributed by atoms with Gasteiger partial charge < -0.3 is 9.47 Å². The molecule has 1 aliphatic heterocycles. The maximum atomic E-state index is 13.3. The zero-order chi connectivity index (χ0) is 19.8. The Balaban J connectivity index is 1.43. The van der Waals surface area contributed by atoms with Crippen molar-refractivity contribution in [3.05, 3.63) is 76.6 Å². The van der Waals surface area contributed by atoms with E-state index in [1.165, 1.54) is 24.0 Å². The highest BCUT2D eigenvalue weighted by Gasteiger charge is 2.31. The molecule has 1 aromatic carbocycles. The van der Waals surface area contributed by atoms with Gasteiger partial charge in [-0.2, -0.15) is 0 Å². The molecule has 6 heteroatoms. The third kappa shape index (κ3) is 3.43. The quantitative estimate of drug-likeness (QED) is 0.692. The highest BCUT2D eigenvalue weighted by atomic mass is 16.2. The van der Waals surface area contributed by atoms with E-state index in [0.29, 0.717) is 18.7 Å². The first-order valence-corrected chi connectivity index (χ1v) is 10.4. The largest absolute Gasteiger partial charge is 0.329 e. The molecule has 1 amide bonds. The number of nitrogens with zero attached hydrogens (tertiary/aromatic N) is 5. The number of hydrogen-bond acceptors (Lipinski definition) is 4. The second-order valence-corrected chi connectivity index (χ2v) is 8.10. The lowest BCUT2D eigenvalue weighted by Gasteiger charge is -2.34. The second kappa shape index (κ2) is 7.43. The zero-order valence-corrected chi connectivity index (χ0v) is 16.7. The molecule has 1 aliphatic carbocycles. The Morgan fingerprint density at radius 1 is 1.14 bits per heavy atom. The van der Waals surface area contributed by atoms with Crippen LogP contribution in [0.2, 0.25) is 0 Å². The van der Waals surface area contributed by atoms with Gasteiger partial charge in [-0.05, 0) is 56.2 Å². The molecule has 0 spiro atoms. The molecule has 3 aromatic rings. The SMILES string of the molecule is Cc1nnc2n1[C@H](Cc1ccccc1)CN(C(=O)c1cnc3c(c1)CCCC3)C2. The molecule has 6 nitrogen and oxygen atoms in total. The summed E-state index contributed by atoms with van der Waals surface area (Å²) in [5, 5.41) is 8.63. The number of benzene rings is 1. The molecule has 5 rings (SSSR count). The summed E-state index contributed by atoms with van der Waals surface area (Å²) in [6.45, 7) is 3.12. The molecule has 0 fully saturated rings. The summed E-state index contributed by atoms with van der Waals surface area (Å²) in [6, 6.07) is 12.6. The van der Waals surface area contributed by atoms with Crippen LogP contribution in [-0.4, -0.2) is 37.1 Å². The van der Waals surface area contributed by atoms with Crippen molar-refractivity contribution in [3.8, 4) is 0 Å². The molecule has 0 bridgehead atoms. The fourth-order valence-corrected chi connectivity index (χ4v) is 4.65. The second-order valence-electron chi connectivity index (χ2n) is 8.10. The van der Waals surface area contributed by atoms with E-state index in [1.54, 1.807) is 6.20 Å². The van der Waals surface area contributed by atoms with Gasteiger partial charge in [-0.3, -0.25) is 9.78 Å². The molecule has 0 N–H and O–H groups in total. The van der Waals surface area contributed by atoms with Crippen molar-refractivity contribution in [2.75, 3.05) is 6.54 Å². The van der Waals surface area contributed by atoms with Crippen LogP contribution in [0.15, 0.2) is 42.6 Å². The van der Waals surface area contributed by atoms with E-state index in [0.717, 1.165) is 36.6 Å². The molecule has 2 aliphatic rings. The fourth-order valence-electron chi connectivity index (χ4n) is 4.65. The Bertz CT molecular complexity index is 1040. The lowest BCUT2D eigenvalue weighted by Crippen LogP contribution is -2.42. The van der Waals surface area contributed by atoms with Crippen molar-refractivity contribution in [1.29, 1.82) is 0 Å². The third-order valence-corrected chi connectivity index (χ3v) is 6.08. The van der Waals surface area contributed by atoms with Crippen LogP contribution in [-0.2, 0) is 25.8 Å². The minimum atomic E-state index is 0.0378. The lowest BCUT2D eigenvalue weighted by atomic mass is 9.95. The van der Waals surface area contributed by atoms with Gasteiger partial charge in [0.15, 0.2) is 5.82 Å². The Labute approximate surface area is 170 Å². The summed E-state index contributed by atoms with van der Waals surface area (Å²) < 4.78 is 2.20. The van der Waals surface area contributed by atoms with Gasteiger partial charge in [0, 0.05) is 18.4 Å². The maximum Gasteiger partial charge on any atom is 0.255 e. The number of fused-ring (bicyclic) bond motifs is 2. The minimum absolute atomic E-state index is 0.0378. The van der Waals surface area contributed by atoms with Gasteiger partial charge in [-0.1, -0.05) is 30.3 Å². The summed E-state index contributed by atoms with van der Waals surface area (Å²) in [5.41, 5.74) is 4.33. The van der Waals surface area contributed by atoms with E-state index in [2.05, 4.69) is 50.1 Å². The number of amides is 1. The normalized spacial score (nSPS) is 18.2. The van der Waals surface area contributed by atoms with Crippen LogP contribution in [0, 0.1) is 6.92 Å². The van der Waals surface area contributed by atoms with Crippen molar-refractivity contribution in [2.24, 2.45) is 0 Å². The van der Waals surface area contributed by atoms with Crippen molar-refractivity contribution in [3.63, 3.8) is 0 Å². The zero-order valence-electron chi connectivity index (χ0n) is 16.7. The van der Waals surface area contributed by atoms with Crippen LogP contribution in [0.5, 0.6) is 0 Å². The van der Waals surface area contributed by atoms with Crippen LogP contribution in [0.25, 0.3) is 0 Å². The van der Waals surface area contributed by atoms with Crippen molar-refractivity contribution in [2.45, 2.75) is 51.6 Å². The van der Waals surface area contributed by atoms with Crippen LogP contribution in [0.3, 0.4) is 0 Å². The van der Waals surface area contributed by atoms with E-state index < -0.39 is 0 Å². The first-order valence-electron chi connectivity index (χ1n) is 10.4.